The topological polar surface area (TPSA) is 20.2 Å². The van der Waals surface area contributed by atoms with Gasteiger partial charge in [-0.2, -0.15) is 0 Å². The molecular weight excluding hydrogens is 204 g/mol. The molecule has 0 radical (unpaired) electrons. The summed E-state index contributed by atoms with van der Waals surface area (Å²) in [6.45, 7) is 7.72. The Kier molecular flexibility index (Phi) is 4.92. The fraction of sp³-hybridized carbons (Fsp3) is 0.385. The molecule has 1 rings (SSSR count). The van der Waals surface area contributed by atoms with Gasteiger partial charge in [0.05, 0.1) is 6.10 Å². The molecule has 2 heteroatoms. The van der Waals surface area contributed by atoms with Crippen LogP contribution in [-0.2, 0) is 0 Å². The fourth-order valence-electron chi connectivity index (χ4n) is 1.21. The second-order valence-electron chi connectivity index (χ2n) is 3.80. The highest BCUT2D eigenvalue weighted by Crippen LogP contribution is 2.23. The van der Waals surface area contributed by atoms with Crippen LogP contribution in [0.4, 0.5) is 0 Å². The number of hydrogen-bond donors (Lipinski definition) is 1. The van der Waals surface area contributed by atoms with Crippen LogP contribution in [-0.4, -0.2) is 10.9 Å². The van der Waals surface area contributed by atoms with E-state index in [0.717, 1.165) is 17.7 Å². The highest BCUT2D eigenvalue weighted by Gasteiger charge is 2.01. The van der Waals surface area contributed by atoms with E-state index in [4.69, 9.17) is 0 Å². The minimum Gasteiger partial charge on any atom is -0.389 e. The van der Waals surface area contributed by atoms with E-state index < -0.39 is 0 Å². The van der Waals surface area contributed by atoms with Crippen LogP contribution in [0, 0.1) is 0 Å². The van der Waals surface area contributed by atoms with Crippen LogP contribution in [0.1, 0.15) is 31.9 Å². The number of hydrogen-bond acceptors (Lipinski definition) is 2. The van der Waals surface area contributed by atoms with Crippen molar-refractivity contribution in [2.75, 3.05) is 5.75 Å². The van der Waals surface area contributed by atoms with Gasteiger partial charge < -0.3 is 5.11 Å². The van der Waals surface area contributed by atoms with Gasteiger partial charge in [-0.1, -0.05) is 17.7 Å². The first-order valence-electron chi connectivity index (χ1n) is 5.15. The standard InChI is InChI=1S/C13H18OS/c1-10(2)7-8-15-13-6-4-5-12(9-13)11(3)14/h4-6,9,11,14H,1,7-8H2,2-3H3. The zero-order valence-electron chi connectivity index (χ0n) is 9.36. The van der Waals surface area contributed by atoms with Crippen molar-refractivity contribution in [3.05, 3.63) is 42.0 Å². The Labute approximate surface area is 96.2 Å². The molecule has 0 aliphatic rings. The van der Waals surface area contributed by atoms with Crippen molar-refractivity contribution in [2.24, 2.45) is 0 Å². The predicted octanol–water partition coefficient (Wildman–Crippen LogP) is 3.80. The van der Waals surface area contributed by atoms with Gasteiger partial charge in [0.25, 0.3) is 0 Å². The van der Waals surface area contributed by atoms with Crippen molar-refractivity contribution in [2.45, 2.75) is 31.3 Å². The summed E-state index contributed by atoms with van der Waals surface area (Å²) in [6, 6.07) is 8.07. The fourth-order valence-corrected chi connectivity index (χ4v) is 2.29. The van der Waals surface area contributed by atoms with Crippen molar-refractivity contribution < 1.29 is 5.11 Å². The largest absolute Gasteiger partial charge is 0.389 e. The summed E-state index contributed by atoms with van der Waals surface area (Å²) in [6.07, 6.45) is 0.663. The summed E-state index contributed by atoms with van der Waals surface area (Å²) in [5.41, 5.74) is 2.20. The van der Waals surface area contributed by atoms with Crippen LogP contribution in [0.15, 0.2) is 41.3 Å². The third-order valence-electron chi connectivity index (χ3n) is 2.14. The third-order valence-corrected chi connectivity index (χ3v) is 3.13. The van der Waals surface area contributed by atoms with Crippen molar-refractivity contribution in [1.29, 1.82) is 0 Å². The molecule has 0 saturated heterocycles. The van der Waals surface area contributed by atoms with E-state index in [1.54, 1.807) is 6.92 Å². The Morgan fingerprint density at radius 1 is 1.53 bits per heavy atom. The van der Waals surface area contributed by atoms with Gasteiger partial charge in [-0.25, -0.2) is 0 Å². The van der Waals surface area contributed by atoms with E-state index in [1.807, 2.05) is 36.9 Å². The lowest BCUT2D eigenvalue weighted by atomic mass is 10.1. The summed E-state index contributed by atoms with van der Waals surface area (Å²) >= 11 is 1.81. The Morgan fingerprint density at radius 3 is 2.87 bits per heavy atom. The molecule has 0 saturated carbocycles. The lowest BCUT2D eigenvalue weighted by molar-refractivity contribution is 0.199. The molecule has 1 N–H and O–H groups in total. The molecule has 1 nitrogen and oxygen atoms in total. The van der Waals surface area contributed by atoms with Crippen molar-refractivity contribution >= 4 is 11.8 Å². The number of benzene rings is 1. The second kappa shape index (κ2) is 5.99. The van der Waals surface area contributed by atoms with E-state index in [1.165, 1.54) is 10.5 Å². The van der Waals surface area contributed by atoms with Crippen LogP contribution in [0.5, 0.6) is 0 Å². The quantitative estimate of drug-likeness (QED) is 0.604. The van der Waals surface area contributed by atoms with Gasteiger partial charge in [0.2, 0.25) is 0 Å². The molecule has 0 aromatic heterocycles. The molecule has 0 spiro atoms. The molecule has 1 unspecified atom stereocenters. The zero-order chi connectivity index (χ0) is 11.3. The van der Waals surface area contributed by atoms with Gasteiger partial charge in [-0.05, 0) is 38.0 Å². The molecule has 15 heavy (non-hydrogen) atoms. The van der Waals surface area contributed by atoms with Crippen LogP contribution >= 0.6 is 11.8 Å². The molecule has 1 atom stereocenters. The minimum atomic E-state index is -0.383. The molecule has 82 valence electrons. The van der Waals surface area contributed by atoms with E-state index in [9.17, 15) is 5.11 Å². The van der Waals surface area contributed by atoms with E-state index >= 15 is 0 Å². The maximum Gasteiger partial charge on any atom is 0.0762 e. The normalized spacial score (nSPS) is 12.5. The second-order valence-corrected chi connectivity index (χ2v) is 4.97. The van der Waals surface area contributed by atoms with Crippen molar-refractivity contribution in [1.82, 2.24) is 0 Å². The Bertz CT molecular complexity index is 331. The third kappa shape index (κ3) is 4.54. The van der Waals surface area contributed by atoms with Crippen molar-refractivity contribution in [3.8, 4) is 0 Å². The summed E-state index contributed by atoms with van der Waals surface area (Å²) in [4.78, 5) is 1.22. The highest BCUT2D eigenvalue weighted by atomic mass is 32.2. The zero-order valence-corrected chi connectivity index (χ0v) is 10.2. The van der Waals surface area contributed by atoms with Crippen LogP contribution in [0.25, 0.3) is 0 Å². The lowest BCUT2D eigenvalue weighted by Gasteiger charge is -2.07. The first-order chi connectivity index (χ1) is 7.09. The summed E-state index contributed by atoms with van der Waals surface area (Å²) in [5, 5.41) is 9.44. The van der Waals surface area contributed by atoms with Gasteiger partial charge in [0.15, 0.2) is 0 Å². The molecule has 0 bridgehead atoms. The summed E-state index contributed by atoms with van der Waals surface area (Å²) in [5.74, 6) is 1.05. The van der Waals surface area contributed by atoms with E-state index in [-0.39, 0.29) is 6.10 Å². The lowest BCUT2D eigenvalue weighted by Crippen LogP contribution is -1.90. The highest BCUT2D eigenvalue weighted by molar-refractivity contribution is 7.99. The predicted molar refractivity (Wildman–Crippen MR) is 67.2 cm³/mol. The molecule has 0 heterocycles. The molecule has 0 amide bonds. The first kappa shape index (κ1) is 12.3. The van der Waals surface area contributed by atoms with E-state index in [0.29, 0.717) is 0 Å². The maximum absolute atomic E-state index is 9.44. The Balaban J connectivity index is 2.54. The van der Waals surface area contributed by atoms with Gasteiger partial charge in [-0.3, -0.25) is 0 Å². The van der Waals surface area contributed by atoms with Crippen LogP contribution < -0.4 is 0 Å². The SMILES string of the molecule is C=C(C)CCSc1cccc(C(C)O)c1. The van der Waals surface area contributed by atoms with Gasteiger partial charge in [0.1, 0.15) is 0 Å². The number of aliphatic hydroxyl groups excluding tert-OH is 1. The van der Waals surface area contributed by atoms with Gasteiger partial charge in [-0.15, -0.1) is 18.3 Å². The smallest absolute Gasteiger partial charge is 0.0762 e. The summed E-state index contributed by atoms with van der Waals surface area (Å²) in [7, 11) is 0. The molecule has 0 aliphatic heterocycles. The number of allylic oxidation sites excluding steroid dienone is 1. The molecular formula is C13H18OS. The Hall–Kier alpha value is -0.730. The Morgan fingerprint density at radius 2 is 2.27 bits per heavy atom. The monoisotopic (exact) mass is 222 g/mol. The van der Waals surface area contributed by atoms with Crippen LogP contribution in [0.3, 0.4) is 0 Å². The van der Waals surface area contributed by atoms with Gasteiger partial charge in [0, 0.05) is 10.6 Å². The number of aliphatic hydroxyl groups is 1. The first-order valence-corrected chi connectivity index (χ1v) is 6.13. The maximum atomic E-state index is 9.44. The summed E-state index contributed by atoms with van der Waals surface area (Å²) < 4.78 is 0. The molecule has 1 aromatic rings. The number of thioether (sulfide) groups is 1. The van der Waals surface area contributed by atoms with Crippen molar-refractivity contribution in [3.63, 3.8) is 0 Å². The molecule has 0 fully saturated rings. The average Bonchev–Trinajstić information content (AvgIpc) is 2.17. The average molecular weight is 222 g/mol. The molecule has 0 aliphatic carbocycles. The molecule has 1 aromatic carbocycles. The number of rotatable bonds is 5. The van der Waals surface area contributed by atoms with E-state index in [2.05, 4.69) is 12.6 Å². The minimum absolute atomic E-state index is 0.383. The van der Waals surface area contributed by atoms with Crippen LogP contribution in [0.2, 0.25) is 0 Å². The van der Waals surface area contributed by atoms with Gasteiger partial charge >= 0.3 is 0 Å².